The summed E-state index contributed by atoms with van der Waals surface area (Å²) in [5, 5.41) is 3.49. The highest BCUT2D eigenvalue weighted by atomic mass is 35.5. The van der Waals surface area contributed by atoms with E-state index in [1.165, 1.54) is 56.9 Å². The minimum atomic E-state index is 0. The zero-order valence-electron chi connectivity index (χ0n) is 10.3. The Hall–Kier alpha value is 0.560. The fraction of sp³-hybridized carbons (Fsp3) is 1.00. The van der Waals surface area contributed by atoms with Gasteiger partial charge < -0.3 is 5.32 Å². The molecule has 2 fully saturated rings. The van der Waals surface area contributed by atoms with Crippen molar-refractivity contribution in [3.05, 3.63) is 0 Å². The molecule has 2 unspecified atom stereocenters. The molecular formula is C12H25ClN2S. The SMILES string of the molecule is CCCN(CC1CCSC1)C1CCNC1.Cl. The zero-order valence-corrected chi connectivity index (χ0v) is 11.9. The summed E-state index contributed by atoms with van der Waals surface area (Å²) in [6, 6.07) is 0.829. The Kier molecular flexibility index (Phi) is 7.13. The van der Waals surface area contributed by atoms with Gasteiger partial charge in [-0.25, -0.2) is 0 Å². The largest absolute Gasteiger partial charge is 0.315 e. The third-order valence-corrected chi connectivity index (χ3v) is 4.81. The number of halogens is 1. The smallest absolute Gasteiger partial charge is 0.0232 e. The molecule has 2 saturated heterocycles. The molecular weight excluding hydrogens is 240 g/mol. The summed E-state index contributed by atoms with van der Waals surface area (Å²) in [5.41, 5.74) is 0. The van der Waals surface area contributed by atoms with E-state index in [-0.39, 0.29) is 12.4 Å². The quantitative estimate of drug-likeness (QED) is 0.820. The topological polar surface area (TPSA) is 15.3 Å². The van der Waals surface area contributed by atoms with Crippen molar-refractivity contribution in [2.24, 2.45) is 5.92 Å². The van der Waals surface area contributed by atoms with Gasteiger partial charge in [-0.2, -0.15) is 11.8 Å². The van der Waals surface area contributed by atoms with Gasteiger partial charge >= 0.3 is 0 Å². The van der Waals surface area contributed by atoms with E-state index in [1.807, 2.05) is 0 Å². The maximum absolute atomic E-state index is 3.49. The molecule has 16 heavy (non-hydrogen) atoms. The second kappa shape index (κ2) is 7.80. The Morgan fingerprint density at radius 2 is 2.25 bits per heavy atom. The second-order valence-electron chi connectivity index (χ2n) is 4.87. The van der Waals surface area contributed by atoms with Crippen LogP contribution in [0.25, 0.3) is 0 Å². The summed E-state index contributed by atoms with van der Waals surface area (Å²) in [4.78, 5) is 2.75. The summed E-state index contributed by atoms with van der Waals surface area (Å²) in [6.07, 6.45) is 4.11. The van der Waals surface area contributed by atoms with Gasteiger partial charge in [-0.1, -0.05) is 6.92 Å². The average molecular weight is 265 g/mol. The third-order valence-electron chi connectivity index (χ3n) is 3.58. The van der Waals surface area contributed by atoms with Crippen LogP contribution in [-0.2, 0) is 0 Å². The Balaban J connectivity index is 0.00000128. The van der Waals surface area contributed by atoms with Gasteiger partial charge in [0, 0.05) is 19.1 Å². The highest BCUT2D eigenvalue weighted by Gasteiger charge is 2.25. The molecule has 4 heteroatoms. The molecule has 96 valence electrons. The van der Waals surface area contributed by atoms with Gasteiger partial charge in [-0.05, 0) is 49.8 Å². The molecule has 2 atom stereocenters. The maximum Gasteiger partial charge on any atom is 0.0232 e. The van der Waals surface area contributed by atoms with E-state index in [9.17, 15) is 0 Å². The van der Waals surface area contributed by atoms with Crippen LogP contribution in [0.15, 0.2) is 0 Å². The van der Waals surface area contributed by atoms with Crippen molar-refractivity contribution in [3.8, 4) is 0 Å². The summed E-state index contributed by atoms with van der Waals surface area (Å²) >= 11 is 2.14. The predicted octanol–water partition coefficient (Wildman–Crippen LogP) is 2.24. The van der Waals surface area contributed by atoms with Crippen molar-refractivity contribution >= 4 is 24.2 Å². The van der Waals surface area contributed by atoms with Crippen LogP contribution in [0.1, 0.15) is 26.2 Å². The van der Waals surface area contributed by atoms with Crippen molar-refractivity contribution in [2.75, 3.05) is 37.7 Å². The summed E-state index contributed by atoms with van der Waals surface area (Å²) < 4.78 is 0. The Labute approximate surface area is 110 Å². The highest BCUT2D eigenvalue weighted by Crippen LogP contribution is 2.25. The summed E-state index contributed by atoms with van der Waals surface area (Å²) in [5.74, 6) is 3.77. The lowest BCUT2D eigenvalue weighted by molar-refractivity contribution is 0.183. The predicted molar refractivity (Wildman–Crippen MR) is 75.8 cm³/mol. The van der Waals surface area contributed by atoms with Gasteiger partial charge in [-0.3, -0.25) is 4.90 Å². The van der Waals surface area contributed by atoms with Crippen LogP contribution in [0.4, 0.5) is 0 Å². The van der Waals surface area contributed by atoms with Gasteiger partial charge in [0.1, 0.15) is 0 Å². The molecule has 0 spiro atoms. The monoisotopic (exact) mass is 264 g/mol. The molecule has 2 heterocycles. The Morgan fingerprint density at radius 1 is 1.38 bits per heavy atom. The van der Waals surface area contributed by atoms with Gasteiger partial charge in [0.05, 0.1) is 0 Å². The lowest BCUT2D eigenvalue weighted by Gasteiger charge is -2.30. The number of rotatable bonds is 5. The standard InChI is InChI=1S/C12H24N2S.ClH/c1-2-6-14(12-3-5-13-8-12)9-11-4-7-15-10-11;/h11-13H,2-10H2,1H3;1H. The van der Waals surface area contributed by atoms with E-state index in [2.05, 4.69) is 28.9 Å². The molecule has 1 N–H and O–H groups in total. The van der Waals surface area contributed by atoms with Gasteiger partial charge in [0.15, 0.2) is 0 Å². The minimum Gasteiger partial charge on any atom is -0.315 e. The molecule has 2 aliphatic heterocycles. The first-order valence-electron chi connectivity index (χ1n) is 6.42. The van der Waals surface area contributed by atoms with Crippen LogP contribution in [0.5, 0.6) is 0 Å². The Bertz CT molecular complexity index is 180. The van der Waals surface area contributed by atoms with Crippen LogP contribution >= 0.6 is 24.2 Å². The number of nitrogens with zero attached hydrogens (tertiary/aromatic N) is 1. The van der Waals surface area contributed by atoms with Crippen molar-refractivity contribution in [2.45, 2.75) is 32.2 Å². The van der Waals surface area contributed by atoms with E-state index < -0.39 is 0 Å². The first kappa shape index (κ1) is 14.6. The minimum absolute atomic E-state index is 0. The first-order valence-corrected chi connectivity index (χ1v) is 7.58. The third kappa shape index (κ3) is 4.10. The molecule has 2 rings (SSSR count). The Morgan fingerprint density at radius 3 is 2.81 bits per heavy atom. The average Bonchev–Trinajstić information content (AvgIpc) is 2.89. The van der Waals surface area contributed by atoms with E-state index in [1.54, 1.807) is 0 Å². The molecule has 0 aliphatic carbocycles. The summed E-state index contributed by atoms with van der Waals surface area (Å²) in [6.45, 7) is 7.41. The molecule has 2 aliphatic rings. The van der Waals surface area contributed by atoms with E-state index in [0.29, 0.717) is 0 Å². The van der Waals surface area contributed by atoms with Gasteiger partial charge in [-0.15, -0.1) is 12.4 Å². The van der Waals surface area contributed by atoms with Crippen LogP contribution in [0, 0.1) is 5.92 Å². The molecule has 0 aromatic heterocycles. The molecule has 0 bridgehead atoms. The fourth-order valence-electron chi connectivity index (χ4n) is 2.72. The fourth-order valence-corrected chi connectivity index (χ4v) is 3.99. The first-order chi connectivity index (χ1) is 7.40. The number of thioether (sulfide) groups is 1. The van der Waals surface area contributed by atoms with Crippen molar-refractivity contribution in [1.29, 1.82) is 0 Å². The normalized spacial score (nSPS) is 29.6. The van der Waals surface area contributed by atoms with Crippen molar-refractivity contribution in [3.63, 3.8) is 0 Å². The lowest BCUT2D eigenvalue weighted by atomic mass is 10.1. The van der Waals surface area contributed by atoms with Gasteiger partial charge in [0.25, 0.3) is 0 Å². The molecule has 2 nitrogen and oxygen atoms in total. The highest BCUT2D eigenvalue weighted by molar-refractivity contribution is 7.99. The zero-order chi connectivity index (χ0) is 10.5. The van der Waals surface area contributed by atoms with E-state index in [4.69, 9.17) is 0 Å². The number of hydrogen-bond acceptors (Lipinski definition) is 3. The van der Waals surface area contributed by atoms with Crippen molar-refractivity contribution < 1.29 is 0 Å². The van der Waals surface area contributed by atoms with Crippen LogP contribution < -0.4 is 5.32 Å². The number of hydrogen-bond donors (Lipinski definition) is 1. The molecule has 0 aromatic carbocycles. The molecule has 0 amide bonds. The van der Waals surface area contributed by atoms with Crippen LogP contribution in [0.2, 0.25) is 0 Å². The lowest BCUT2D eigenvalue weighted by Crippen LogP contribution is -2.40. The molecule has 0 saturated carbocycles. The summed E-state index contributed by atoms with van der Waals surface area (Å²) in [7, 11) is 0. The van der Waals surface area contributed by atoms with Crippen LogP contribution in [-0.4, -0.2) is 48.6 Å². The van der Waals surface area contributed by atoms with E-state index in [0.717, 1.165) is 12.0 Å². The van der Waals surface area contributed by atoms with Crippen molar-refractivity contribution in [1.82, 2.24) is 10.2 Å². The van der Waals surface area contributed by atoms with Crippen LogP contribution in [0.3, 0.4) is 0 Å². The van der Waals surface area contributed by atoms with Gasteiger partial charge in [0.2, 0.25) is 0 Å². The maximum atomic E-state index is 3.49. The number of nitrogens with one attached hydrogen (secondary N) is 1. The molecule has 0 aromatic rings. The molecule has 0 radical (unpaired) electrons. The second-order valence-corrected chi connectivity index (χ2v) is 6.02. The van der Waals surface area contributed by atoms with E-state index >= 15 is 0 Å².